The molecule has 6 nitrogen and oxygen atoms in total. The van der Waals surface area contributed by atoms with Crippen LogP contribution in [0.1, 0.15) is 11.1 Å². The molecule has 7 heteroatoms. The molecule has 0 bridgehead atoms. The summed E-state index contributed by atoms with van der Waals surface area (Å²) in [7, 11) is 0. The predicted octanol–water partition coefficient (Wildman–Crippen LogP) is 3.35. The number of nitrogens with zero attached hydrogens (tertiary/aromatic N) is 4. The van der Waals surface area contributed by atoms with Gasteiger partial charge in [0, 0.05) is 37.3 Å². The standard InChI is InChI=1S/C26H33ClN6/c27-24-19-25(32(15-11-28-12-16-32)20-22-7-3-1-4-8-22)31-26(30-24)33(17-13-29-14-18-33)21-23-9-5-2-6-10-23/h1-10,19,28-29H,11-18,20-21H2/q+2. The van der Waals surface area contributed by atoms with Gasteiger partial charge < -0.3 is 10.6 Å². The van der Waals surface area contributed by atoms with Crippen LogP contribution in [0.4, 0.5) is 11.8 Å². The van der Waals surface area contributed by atoms with E-state index < -0.39 is 0 Å². The molecule has 0 radical (unpaired) electrons. The highest BCUT2D eigenvalue weighted by Crippen LogP contribution is 2.32. The van der Waals surface area contributed by atoms with Crippen molar-refractivity contribution in [2.75, 3.05) is 52.4 Å². The van der Waals surface area contributed by atoms with E-state index in [2.05, 4.69) is 71.3 Å². The zero-order valence-corrected chi connectivity index (χ0v) is 19.8. The zero-order chi connectivity index (χ0) is 22.6. The lowest BCUT2D eigenvalue weighted by Crippen LogP contribution is -2.61. The van der Waals surface area contributed by atoms with E-state index in [1.54, 1.807) is 0 Å². The minimum absolute atomic E-state index is 0.545. The van der Waals surface area contributed by atoms with Crippen molar-refractivity contribution in [3.8, 4) is 0 Å². The summed E-state index contributed by atoms with van der Waals surface area (Å²) in [5.74, 6) is 1.89. The van der Waals surface area contributed by atoms with Crippen LogP contribution in [0.25, 0.3) is 0 Å². The fraction of sp³-hybridized carbons (Fsp3) is 0.385. The van der Waals surface area contributed by atoms with E-state index in [0.717, 1.165) is 86.2 Å². The molecule has 1 aromatic heterocycles. The molecule has 5 rings (SSSR count). The molecule has 33 heavy (non-hydrogen) atoms. The predicted molar refractivity (Wildman–Crippen MR) is 136 cm³/mol. The highest BCUT2D eigenvalue weighted by Gasteiger charge is 2.40. The van der Waals surface area contributed by atoms with Crippen molar-refractivity contribution in [3.05, 3.63) is 83.0 Å². The molecule has 172 valence electrons. The smallest absolute Gasteiger partial charge is 0.306 e. The van der Waals surface area contributed by atoms with Crippen molar-refractivity contribution in [2.45, 2.75) is 13.1 Å². The Balaban J connectivity index is 1.56. The average molecular weight is 465 g/mol. The number of quaternary nitrogens is 2. The lowest BCUT2D eigenvalue weighted by Gasteiger charge is -2.42. The van der Waals surface area contributed by atoms with Crippen LogP contribution in [0.5, 0.6) is 0 Å². The van der Waals surface area contributed by atoms with Crippen molar-refractivity contribution in [3.63, 3.8) is 0 Å². The van der Waals surface area contributed by atoms with E-state index in [1.165, 1.54) is 11.1 Å². The summed E-state index contributed by atoms with van der Waals surface area (Å²) in [6, 6.07) is 23.4. The number of rotatable bonds is 6. The molecule has 2 saturated heterocycles. The molecule has 0 aliphatic carbocycles. The van der Waals surface area contributed by atoms with Gasteiger partial charge in [-0.15, -0.1) is 4.98 Å². The quantitative estimate of drug-likeness (QED) is 0.434. The molecular formula is C26H33ClN6+2. The van der Waals surface area contributed by atoms with Gasteiger partial charge in [0.05, 0.1) is 32.2 Å². The molecule has 0 amide bonds. The Morgan fingerprint density at radius 1 is 0.667 bits per heavy atom. The van der Waals surface area contributed by atoms with Gasteiger partial charge in [0.25, 0.3) is 0 Å². The number of nitrogens with one attached hydrogen (secondary N) is 2. The molecule has 0 spiro atoms. The zero-order valence-electron chi connectivity index (χ0n) is 19.1. The van der Waals surface area contributed by atoms with Crippen LogP contribution >= 0.6 is 11.6 Å². The highest BCUT2D eigenvalue weighted by atomic mass is 35.5. The first kappa shape index (κ1) is 22.4. The van der Waals surface area contributed by atoms with E-state index in [0.29, 0.717) is 5.15 Å². The number of hydrogen-bond acceptors (Lipinski definition) is 4. The van der Waals surface area contributed by atoms with Crippen LogP contribution < -0.4 is 19.6 Å². The molecule has 0 atom stereocenters. The summed E-state index contributed by atoms with van der Waals surface area (Å²) in [5, 5.41) is 7.58. The van der Waals surface area contributed by atoms with E-state index in [-0.39, 0.29) is 0 Å². The lowest BCUT2D eigenvalue weighted by atomic mass is 10.1. The molecule has 3 heterocycles. The Kier molecular flexibility index (Phi) is 6.71. The number of halogens is 1. The largest absolute Gasteiger partial charge is 0.335 e. The van der Waals surface area contributed by atoms with Crippen molar-refractivity contribution < 1.29 is 0 Å². The minimum atomic E-state index is 0.545. The number of piperazine rings is 2. The third-order valence-corrected chi connectivity index (χ3v) is 7.30. The Hall–Kier alpha value is -2.35. The Morgan fingerprint density at radius 2 is 1.15 bits per heavy atom. The molecule has 2 aliphatic heterocycles. The molecule has 2 aromatic carbocycles. The van der Waals surface area contributed by atoms with Crippen LogP contribution in [0.15, 0.2) is 66.7 Å². The van der Waals surface area contributed by atoms with Gasteiger partial charge >= 0.3 is 5.95 Å². The van der Waals surface area contributed by atoms with Crippen LogP contribution in [0.3, 0.4) is 0 Å². The summed E-state index contributed by atoms with van der Waals surface area (Å²) < 4.78 is 1.53. The second-order valence-corrected chi connectivity index (χ2v) is 9.71. The third kappa shape index (κ3) is 4.95. The van der Waals surface area contributed by atoms with Gasteiger partial charge in [-0.2, -0.15) is 4.98 Å². The molecule has 2 aliphatic rings. The van der Waals surface area contributed by atoms with Crippen molar-refractivity contribution in [2.24, 2.45) is 0 Å². The molecule has 2 fully saturated rings. The second kappa shape index (κ2) is 9.87. The normalized spacial score (nSPS) is 19.8. The van der Waals surface area contributed by atoms with Gasteiger partial charge in [-0.3, -0.25) is 8.97 Å². The Labute approximate surface area is 201 Å². The maximum Gasteiger partial charge on any atom is 0.335 e. The molecule has 0 unspecified atom stereocenters. The van der Waals surface area contributed by atoms with Crippen LogP contribution in [0, 0.1) is 0 Å². The summed E-state index contributed by atoms with van der Waals surface area (Å²) in [5.41, 5.74) is 2.63. The first-order valence-corrected chi connectivity index (χ1v) is 12.3. The summed E-state index contributed by atoms with van der Waals surface area (Å²) >= 11 is 6.72. The van der Waals surface area contributed by atoms with Crippen LogP contribution in [-0.2, 0) is 13.1 Å². The maximum absolute atomic E-state index is 6.72. The van der Waals surface area contributed by atoms with Gasteiger partial charge in [-0.1, -0.05) is 72.3 Å². The van der Waals surface area contributed by atoms with E-state index >= 15 is 0 Å². The SMILES string of the molecule is Clc1cc([N+]2(Cc3ccccc3)CCNCC2)nc([N+]2(Cc3ccccc3)CCNCC2)n1. The third-order valence-electron chi connectivity index (χ3n) is 7.10. The van der Waals surface area contributed by atoms with E-state index in [4.69, 9.17) is 21.6 Å². The minimum Gasteiger partial charge on any atom is -0.306 e. The lowest BCUT2D eigenvalue weighted by molar-refractivity contribution is 0.209. The number of benzene rings is 2. The fourth-order valence-electron chi connectivity index (χ4n) is 5.26. The van der Waals surface area contributed by atoms with Crippen molar-refractivity contribution in [1.29, 1.82) is 0 Å². The Bertz CT molecular complexity index is 965. The molecule has 2 N–H and O–H groups in total. The molecule has 3 aromatic rings. The summed E-state index contributed by atoms with van der Waals surface area (Å²) in [6.07, 6.45) is 0. The van der Waals surface area contributed by atoms with Crippen molar-refractivity contribution in [1.82, 2.24) is 29.6 Å². The van der Waals surface area contributed by atoms with Crippen molar-refractivity contribution >= 4 is 23.4 Å². The second-order valence-electron chi connectivity index (χ2n) is 9.32. The summed E-state index contributed by atoms with van der Waals surface area (Å²) in [6.45, 7) is 9.51. The van der Waals surface area contributed by atoms with Crippen LogP contribution in [-0.4, -0.2) is 62.3 Å². The van der Waals surface area contributed by atoms with Gasteiger partial charge in [-0.05, 0) is 0 Å². The van der Waals surface area contributed by atoms with Gasteiger partial charge in [0.1, 0.15) is 18.2 Å². The number of aromatic nitrogens is 2. The molecular weight excluding hydrogens is 432 g/mol. The first-order valence-electron chi connectivity index (χ1n) is 11.9. The van der Waals surface area contributed by atoms with Crippen LogP contribution in [0.2, 0.25) is 5.15 Å². The fourth-order valence-corrected chi connectivity index (χ4v) is 5.43. The monoisotopic (exact) mass is 464 g/mol. The topological polar surface area (TPSA) is 49.8 Å². The average Bonchev–Trinajstić information content (AvgIpc) is 2.86. The number of hydrogen-bond donors (Lipinski definition) is 2. The maximum atomic E-state index is 6.72. The first-order chi connectivity index (χ1) is 16.2. The Morgan fingerprint density at radius 3 is 1.70 bits per heavy atom. The van der Waals surface area contributed by atoms with E-state index in [9.17, 15) is 0 Å². The van der Waals surface area contributed by atoms with Gasteiger partial charge in [0.15, 0.2) is 0 Å². The van der Waals surface area contributed by atoms with Gasteiger partial charge in [0.2, 0.25) is 5.82 Å². The van der Waals surface area contributed by atoms with E-state index in [1.807, 2.05) is 6.07 Å². The molecule has 0 saturated carbocycles. The van der Waals surface area contributed by atoms with Gasteiger partial charge in [-0.25, -0.2) is 0 Å². The summed E-state index contributed by atoms with van der Waals surface area (Å²) in [4.78, 5) is 10.1. The highest BCUT2D eigenvalue weighted by molar-refractivity contribution is 6.29.